The van der Waals surface area contributed by atoms with Crippen molar-refractivity contribution in [2.24, 2.45) is 0 Å². The van der Waals surface area contributed by atoms with Gasteiger partial charge in [-0.1, -0.05) is 57.2 Å². The number of rotatable bonds is 4. The summed E-state index contributed by atoms with van der Waals surface area (Å²) in [6, 6.07) is 17.8. The van der Waals surface area contributed by atoms with E-state index in [1.807, 2.05) is 35.7 Å². The Morgan fingerprint density at radius 3 is 2.36 bits per heavy atom. The van der Waals surface area contributed by atoms with Crippen molar-refractivity contribution in [3.63, 3.8) is 0 Å². The van der Waals surface area contributed by atoms with Gasteiger partial charge in [0, 0.05) is 6.20 Å². The van der Waals surface area contributed by atoms with E-state index < -0.39 is 0 Å². The van der Waals surface area contributed by atoms with E-state index in [-0.39, 0.29) is 11.3 Å². The molecule has 0 saturated heterocycles. The lowest BCUT2D eigenvalue weighted by atomic mass is 9.87. The number of carbonyl (C=O) groups excluding carboxylic acids is 1. The SMILES string of the molecule is CC(C)(C)c1ccc(CN(C(=O)c2cccs2)c2ccccn2)cc1. The lowest BCUT2D eigenvalue weighted by molar-refractivity contribution is 0.0988. The molecule has 3 rings (SSSR count). The molecule has 1 amide bonds. The molecule has 1 aromatic carbocycles. The van der Waals surface area contributed by atoms with Crippen LogP contribution in [0.5, 0.6) is 0 Å². The quantitative estimate of drug-likeness (QED) is 0.641. The van der Waals surface area contributed by atoms with Gasteiger partial charge in [-0.15, -0.1) is 11.3 Å². The van der Waals surface area contributed by atoms with Crippen molar-refractivity contribution in [1.82, 2.24) is 4.98 Å². The van der Waals surface area contributed by atoms with Crippen LogP contribution in [0, 0.1) is 0 Å². The summed E-state index contributed by atoms with van der Waals surface area (Å²) in [6.45, 7) is 7.09. The summed E-state index contributed by atoms with van der Waals surface area (Å²) in [5.41, 5.74) is 2.49. The van der Waals surface area contributed by atoms with E-state index in [2.05, 4.69) is 50.0 Å². The largest absolute Gasteiger partial charge is 0.288 e. The van der Waals surface area contributed by atoms with Gasteiger partial charge in [0.1, 0.15) is 5.82 Å². The summed E-state index contributed by atoms with van der Waals surface area (Å²) in [4.78, 5) is 19.8. The van der Waals surface area contributed by atoms with Crippen molar-refractivity contribution in [2.45, 2.75) is 32.7 Å². The van der Waals surface area contributed by atoms with E-state index in [1.54, 1.807) is 11.1 Å². The third-order valence-electron chi connectivity index (χ3n) is 4.06. The fraction of sp³-hybridized carbons (Fsp3) is 0.238. The zero-order chi connectivity index (χ0) is 17.9. The predicted octanol–water partition coefficient (Wildman–Crippen LogP) is 5.29. The Kier molecular flexibility index (Phi) is 5.00. The number of hydrogen-bond donors (Lipinski definition) is 0. The van der Waals surface area contributed by atoms with Gasteiger partial charge in [-0.25, -0.2) is 4.98 Å². The lowest BCUT2D eigenvalue weighted by Gasteiger charge is -2.23. The topological polar surface area (TPSA) is 33.2 Å². The van der Waals surface area contributed by atoms with Gasteiger partial charge < -0.3 is 0 Å². The Morgan fingerprint density at radius 2 is 1.80 bits per heavy atom. The molecule has 0 atom stereocenters. The van der Waals surface area contributed by atoms with Gasteiger partial charge >= 0.3 is 0 Å². The minimum atomic E-state index is -0.0198. The number of pyridine rings is 1. The smallest absolute Gasteiger partial charge is 0.269 e. The molecule has 0 bridgehead atoms. The highest BCUT2D eigenvalue weighted by atomic mass is 32.1. The zero-order valence-electron chi connectivity index (χ0n) is 14.8. The summed E-state index contributed by atoms with van der Waals surface area (Å²) >= 11 is 1.45. The number of thiophene rings is 1. The third-order valence-corrected chi connectivity index (χ3v) is 4.92. The third kappa shape index (κ3) is 4.15. The average molecular weight is 350 g/mol. The van der Waals surface area contributed by atoms with Gasteiger partial charge in [-0.2, -0.15) is 0 Å². The molecule has 0 spiro atoms. The van der Waals surface area contributed by atoms with E-state index in [0.717, 1.165) is 10.4 Å². The van der Waals surface area contributed by atoms with E-state index in [0.29, 0.717) is 12.4 Å². The Hall–Kier alpha value is -2.46. The van der Waals surface area contributed by atoms with Crippen LogP contribution in [0.25, 0.3) is 0 Å². The van der Waals surface area contributed by atoms with Crippen molar-refractivity contribution in [3.05, 3.63) is 82.2 Å². The summed E-state index contributed by atoms with van der Waals surface area (Å²) in [5, 5.41) is 1.92. The van der Waals surface area contributed by atoms with Gasteiger partial charge in [0.2, 0.25) is 0 Å². The number of carbonyl (C=O) groups is 1. The first kappa shape index (κ1) is 17.4. The number of hydrogen-bond acceptors (Lipinski definition) is 3. The molecular weight excluding hydrogens is 328 g/mol. The normalized spacial score (nSPS) is 11.3. The highest BCUT2D eigenvalue weighted by molar-refractivity contribution is 7.12. The number of nitrogens with zero attached hydrogens (tertiary/aromatic N) is 2. The predicted molar refractivity (Wildman–Crippen MR) is 104 cm³/mol. The first-order valence-corrected chi connectivity index (χ1v) is 9.19. The van der Waals surface area contributed by atoms with Gasteiger partial charge in [0.05, 0.1) is 11.4 Å². The second-order valence-electron chi connectivity index (χ2n) is 7.00. The molecule has 0 aliphatic rings. The molecule has 0 aliphatic heterocycles. The van der Waals surface area contributed by atoms with Crippen LogP contribution >= 0.6 is 11.3 Å². The van der Waals surface area contributed by atoms with Crippen LogP contribution in [-0.4, -0.2) is 10.9 Å². The summed E-state index contributed by atoms with van der Waals surface area (Å²) in [5.74, 6) is 0.648. The molecule has 0 unspecified atom stereocenters. The van der Waals surface area contributed by atoms with E-state index in [4.69, 9.17) is 0 Å². The first-order chi connectivity index (χ1) is 11.9. The molecule has 2 aromatic heterocycles. The minimum absolute atomic E-state index is 0.0198. The van der Waals surface area contributed by atoms with Crippen LogP contribution in [0.15, 0.2) is 66.2 Å². The minimum Gasteiger partial charge on any atom is -0.288 e. The second-order valence-corrected chi connectivity index (χ2v) is 7.95. The van der Waals surface area contributed by atoms with Crippen LogP contribution in [0.4, 0.5) is 5.82 Å². The zero-order valence-corrected chi connectivity index (χ0v) is 15.6. The summed E-state index contributed by atoms with van der Waals surface area (Å²) in [7, 11) is 0. The average Bonchev–Trinajstić information content (AvgIpc) is 3.14. The fourth-order valence-electron chi connectivity index (χ4n) is 2.60. The molecule has 3 aromatic rings. The van der Waals surface area contributed by atoms with Gasteiger partial charge in [0.25, 0.3) is 5.91 Å². The lowest BCUT2D eigenvalue weighted by Crippen LogP contribution is -2.30. The van der Waals surface area contributed by atoms with Gasteiger partial charge in [0.15, 0.2) is 0 Å². The number of aromatic nitrogens is 1. The van der Waals surface area contributed by atoms with Crippen LogP contribution in [0.2, 0.25) is 0 Å². The molecule has 0 fully saturated rings. The van der Waals surface area contributed by atoms with Crippen molar-refractivity contribution in [2.75, 3.05) is 4.90 Å². The fourth-order valence-corrected chi connectivity index (χ4v) is 3.27. The Labute approximate surface area is 153 Å². The number of anilines is 1. The van der Waals surface area contributed by atoms with Crippen LogP contribution < -0.4 is 4.90 Å². The monoisotopic (exact) mass is 350 g/mol. The maximum atomic E-state index is 12.9. The molecule has 3 nitrogen and oxygen atoms in total. The van der Waals surface area contributed by atoms with Crippen molar-refractivity contribution >= 4 is 23.1 Å². The van der Waals surface area contributed by atoms with E-state index in [1.165, 1.54) is 16.9 Å². The van der Waals surface area contributed by atoms with Gasteiger partial charge in [-0.05, 0) is 40.1 Å². The summed E-state index contributed by atoms with van der Waals surface area (Å²) in [6.07, 6.45) is 1.72. The maximum absolute atomic E-state index is 12.9. The number of amides is 1. The first-order valence-electron chi connectivity index (χ1n) is 8.31. The second kappa shape index (κ2) is 7.19. The number of benzene rings is 1. The van der Waals surface area contributed by atoms with Crippen molar-refractivity contribution in [1.29, 1.82) is 0 Å². The molecule has 0 saturated carbocycles. The van der Waals surface area contributed by atoms with E-state index in [9.17, 15) is 4.79 Å². The van der Waals surface area contributed by atoms with Gasteiger partial charge in [-0.3, -0.25) is 9.69 Å². The molecule has 128 valence electrons. The Balaban J connectivity index is 1.89. The molecule has 0 aliphatic carbocycles. The molecule has 4 heteroatoms. The highest BCUT2D eigenvalue weighted by Crippen LogP contribution is 2.24. The molecule has 0 N–H and O–H groups in total. The Bertz CT molecular complexity index is 819. The van der Waals surface area contributed by atoms with Crippen molar-refractivity contribution in [3.8, 4) is 0 Å². The maximum Gasteiger partial charge on any atom is 0.269 e. The Morgan fingerprint density at radius 1 is 1.04 bits per heavy atom. The highest BCUT2D eigenvalue weighted by Gasteiger charge is 2.20. The van der Waals surface area contributed by atoms with Crippen LogP contribution in [0.1, 0.15) is 41.6 Å². The van der Waals surface area contributed by atoms with E-state index >= 15 is 0 Å². The van der Waals surface area contributed by atoms with Crippen LogP contribution in [0.3, 0.4) is 0 Å². The van der Waals surface area contributed by atoms with Crippen LogP contribution in [-0.2, 0) is 12.0 Å². The molecule has 25 heavy (non-hydrogen) atoms. The molecular formula is C21H22N2OS. The van der Waals surface area contributed by atoms with Crippen molar-refractivity contribution < 1.29 is 4.79 Å². The standard InChI is InChI=1S/C21H22N2OS/c1-21(2,3)17-11-9-16(10-12-17)15-23(19-8-4-5-13-22-19)20(24)18-7-6-14-25-18/h4-14H,15H2,1-3H3. The molecule has 2 heterocycles. The summed E-state index contributed by atoms with van der Waals surface area (Å²) < 4.78 is 0. The molecule has 0 radical (unpaired) electrons.